The van der Waals surface area contributed by atoms with Crippen molar-refractivity contribution < 1.29 is 46.9 Å². The standard InChI is InChI=1S/Mg.O3Si.6H2O/c;1-4(2)3;;;;;;/h;;6*1H2/q+2;-2;;;;;;. The topological polar surface area (TPSA) is 252 Å². The summed E-state index contributed by atoms with van der Waals surface area (Å²) in [5, 5.41) is 0. The smallest absolute Gasteiger partial charge is 0.672 e. The number of rotatable bonds is 0. The van der Waals surface area contributed by atoms with Crippen molar-refractivity contribution in [2.75, 3.05) is 0 Å². The fraction of sp³-hybridized carbons (Fsp3) is 0. The van der Waals surface area contributed by atoms with Crippen LogP contribution in [0.3, 0.4) is 0 Å². The van der Waals surface area contributed by atoms with Crippen molar-refractivity contribution in [3.05, 3.63) is 0 Å². The molecular weight excluding hydrogens is 196 g/mol. The van der Waals surface area contributed by atoms with Gasteiger partial charge in [0.05, 0.1) is 0 Å². The van der Waals surface area contributed by atoms with Gasteiger partial charge >= 0.3 is 23.1 Å². The molecule has 0 aliphatic carbocycles. The van der Waals surface area contributed by atoms with Crippen LogP contribution in [0, 0.1) is 0 Å². The summed E-state index contributed by atoms with van der Waals surface area (Å²) in [5.74, 6) is 0. The van der Waals surface area contributed by atoms with E-state index in [0.717, 1.165) is 0 Å². The Labute approximate surface area is 79.6 Å². The Morgan fingerprint density at radius 1 is 0.727 bits per heavy atom. The van der Waals surface area contributed by atoms with Gasteiger partial charge in [-0.05, 0) is 0 Å². The zero-order chi connectivity index (χ0) is 3.58. The minimum atomic E-state index is -3.63. The molecule has 0 fully saturated rings. The second-order valence-corrected chi connectivity index (χ2v) is 0.750. The first kappa shape index (κ1) is 116. The van der Waals surface area contributed by atoms with Crippen LogP contribution >= 0.6 is 0 Å². The molecule has 0 aliphatic rings. The van der Waals surface area contributed by atoms with Gasteiger partial charge in [-0.25, -0.2) is 0 Å². The van der Waals surface area contributed by atoms with Crippen molar-refractivity contribution >= 4 is 32.2 Å². The molecule has 0 unspecified atom stereocenters. The van der Waals surface area contributed by atoms with E-state index in [1.54, 1.807) is 0 Å². The molecule has 11 heteroatoms. The predicted octanol–water partition coefficient (Wildman–Crippen LogP) is -8.21. The second kappa shape index (κ2) is 85.8. The van der Waals surface area contributed by atoms with E-state index in [9.17, 15) is 0 Å². The van der Waals surface area contributed by atoms with Crippen LogP contribution in [0.25, 0.3) is 0 Å². The van der Waals surface area contributed by atoms with Crippen LogP contribution in [-0.2, 0) is 4.46 Å². The van der Waals surface area contributed by atoms with E-state index in [1.807, 2.05) is 0 Å². The van der Waals surface area contributed by atoms with Crippen LogP contribution in [-0.4, -0.2) is 65.1 Å². The second-order valence-electron chi connectivity index (χ2n) is 0.250. The van der Waals surface area contributed by atoms with Crippen molar-refractivity contribution in [1.29, 1.82) is 0 Å². The predicted molar refractivity (Wildman–Crippen MR) is 33.9 cm³/mol. The van der Waals surface area contributed by atoms with Gasteiger partial charge in [0, 0.05) is 9.17 Å². The quantitative estimate of drug-likeness (QED) is 0.351. The van der Waals surface area contributed by atoms with Crippen molar-refractivity contribution in [1.82, 2.24) is 0 Å². The number of hydrogen-bond acceptors (Lipinski definition) is 3. The van der Waals surface area contributed by atoms with Gasteiger partial charge in [-0.1, -0.05) is 0 Å². The molecule has 0 heterocycles. The van der Waals surface area contributed by atoms with Gasteiger partial charge in [-0.3, -0.25) is 0 Å². The summed E-state index contributed by atoms with van der Waals surface area (Å²) in [5.41, 5.74) is 0. The molecule has 0 aromatic heterocycles. The molecule has 12 N–H and O–H groups in total. The molecule has 0 spiro atoms. The Morgan fingerprint density at radius 3 is 0.727 bits per heavy atom. The maximum atomic E-state index is 8.52. The van der Waals surface area contributed by atoms with Crippen LogP contribution in [0.1, 0.15) is 0 Å². The zero-order valence-electron chi connectivity index (χ0n) is 5.43. The third-order valence-corrected chi connectivity index (χ3v) is 0. The minimum absolute atomic E-state index is 0. The average Bonchev–Trinajstić information content (AvgIpc) is 0.811. The summed E-state index contributed by atoms with van der Waals surface area (Å²) >= 11 is 0. The van der Waals surface area contributed by atoms with Crippen molar-refractivity contribution in [3.8, 4) is 0 Å². The van der Waals surface area contributed by atoms with Crippen LogP contribution in [0.15, 0.2) is 0 Å². The fourth-order valence-electron chi connectivity index (χ4n) is 0. The van der Waals surface area contributed by atoms with Gasteiger partial charge in [-0.15, -0.1) is 0 Å². The zero-order valence-corrected chi connectivity index (χ0v) is 7.85. The first-order chi connectivity index (χ1) is 1.73. The normalized spacial score (nSPS) is 2.18. The molecule has 0 aromatic rings. The van der Waals surface area contributed by atoms with Gasteiger partial charge in [0.2, 0.25) is 0 Å². The Hall–Kier alpha value is 0.143. The SMILES string of the molecule is O.O.O.O.O.O.O=[Si]([O-])[O-].[Mg+2]. The summed E-state index contributed by atoms with van der Waals surface area (Å²) in [4.78, 5) is 17.0. The minimum Gasteiger partial charge on any atom is -0.672 e. The van der Waals surface area contributed by atoms with Crippen molar-refractivity contribution in [2.45, 2.75) is 0 Å². The summed E-state index contributed by atoms with van der Waals surface area (Å²) in [6.07, 6.45) is 0. The molecule has 0 aliphatic heterocycles. The van der Waals surface area contributed by atoms with E-state index in [1.165, 1.54) is 0 Å². The van der Waals surface area contributed by atoms with Crippen LogP contribution in [0.4, 0.5) is 0 Å². The van der Waals surface area contributed by atoms with Crippen LogP contribution < -0.4 is 9.59 Å². The molecule has 0 saturated heterocycles. The molecule has 0 amide bonds. The molecule has 9 nitrogen and oxygen atoms in total. The molecule has 0 atom stereocenters. The van der Waals surface area contributed by atoms with Gasteiger partial charge in [0.1, 0.15) is 0 Å². The summed E-state index contributed by atoms with van der Waals surface area (Å²) < 4.78 is 8.52. The van der Waals surface area contributed by atoms with E-state index in [-0.39, 0.29) is 55.9 Å². The maximum Gasteiger partial charge on any atom is 2.00 e. The third kappa shape index (κ3) is 32800. The largest absolute Gasteiger partial charge is 2.00 e. The summed E-state index contributed by atoms with van der Waals surface area (Å²) in [6.45, 7) is 0. The molecule has 0 saturated carbocycles. The monoisotopic (exact) mass is 208 g/mol. The summed E-state index contributed by atoms with van der Waals surface area (Å²) in [7, 11) is -3.63. The average molecular weight is 208 g/mol. The molecule has 0 aromatic carbocycles. The van der Waals surface area contributed by atoms with E-state index >= 15 is 0 Å². The number of hydrogen-bond donors (Lipinski definition) is 0. The fourth-order valence-corrected chi connectivity index (χ4v) is 0. The van der Waals surface area contributed by atoms with E-state index < -0.39 is 9.17 Å². The van der Waals surface area contributed by atoms with E-state index in [2.05, 4.69) is 0 Å². The molecule has 0 radical (unpaired) electrons. The van der Waals surface area contributed by atoms with Crippen LogP contribution in [0.5, 0.6) is 0 Å². The Balaban J connectivity index is -0.00000000214. The van der Waals surface area contributed by atoms with Gasteiger partial charge < -0.3 is 46.9 Å². The molecular formula is H12MgO9Si. The van der Waals surface area contributed by atoms with Gasteiger partial charge in [0.25, 0.3) is 0 Å². The Morgan fingerprint density at radius 2 is 0.727 bits per heavy atom. The third-order valence-electron chi connectivity index (χ3n) is 0. The first-order valence-electron chi connectivity index (χ1n) is 0.612. The van der Waals surface area contributed by atoms with Crippen LogP contribution in [0.2, 0.25) is 0 Å². The van der Waals surface area contributed by atoms with Gasteiger partial charge in [-0.2, -0.15) is 0 Å². The molecule has 0 rings (SSSR count). The van der Waals surface area contributed by atoms with E-state index in [4.69, 9.17) is 14.1 Å². The Kier molecular flexibility index (Phi) is 905. The first-order valence-corrected chi connectivity index (χ1v) is 1.84. The maximum absolute atomic E-state index is 8.52. The van der Waals surface area contributed by atoms with E-state index in [0.29, 0.717) is 0 Å². The summed E-state index contributed by atoms with van der Waals surface area (Å²) in [6, 6.07) is 0. The van der Waals surface area contributed by atoms with Crippen molar-refractivity contribution in [3.63, 3.8) is 0 Å². The Bertz CT molecular complexity index is 32.5. The van der Waals surface area contributed by atoms with Gasteiger partial charge in [0.15, 0.2) is 0 Å². The molecule has 0 bridgehead atoms. The van der Waals surface area contributed by atoms with Crippen molar-refractivity contribution in [2.24, 2.45) is 0 Å². The molecule has 11 heavy (non-hydrogen) atoms. The molecule has 72 valence electrons.